The maximum absolute atomic E-state index is 12.2. The zero-order chi connectivity index (χ0) is 16.7. The van der Waals surface area contributed by atoms with Crippen LogP contribution in [0.3, 0.4) is 0 Å². The van der Waals surface area contributed by atoms with Crippen molar-refractivity contribution in [3.05, 3.63) is 52.8 Å². The zero-order valence-electron chi connectivity index (χ0n) is 13.2. The molecule has 1 aromatic carbocycles. The lowest BCUT2D eigenvalue weighted by Gasteiger charge is -2.10. The second-order valence-corrected chi connectivity index (χ2v) is 5.74. The molecule has 0 unspecified atom stereocenters. The lowest BCUT2D eigenvalue weighted by atomic mass is 10.2. The molecular weight excluding hydrogens is 314 g/mol. The van der Waals surface area contributed by atoms with Crippen LogP contribution in [-0.4, -0.2) is 48.0 Å². The summed E-state index contributed by atoms with van der Waals surface area (Å²) in [6, 6.07) is 8.92. The molecule has 0 radical (unpaired) electrons. The molecule has 122 valence electrons. The summed E-state index contributed by atoms with van der Waals surface area (Å²) in [4.78, 5) is 22.5. The van der Waals surface area contributed by atoms with E-state index >= 15 is 0 Å². The summed E-state index contributed by atoms with van der Waals surface area (Å²) in [5.74, 6) is 0.212. The highest BCUT2D eigenvalue weighted by Crippen LogP contribution is 2.09. The van der Waals surface area contributed by atoms with Crippen molar-refractivity contribution in [2.45, 2.75) is 6.54 Å². The molecule has 2 N–H and O–H groups in total. The first-order valence-electron chi connectivity index (χ1n) is 7.29. The molecule has 2 aromatic rings. The molecule has 7 heteroatoms. The fourth-order valence-corrected chi connectivity index (χ4v) is 1.96. The molecule has 0 aliphatic rings. The van der Waals surface area contributed by atoms with Gasteiger partial charge >= 0.3 is 0 Å². The van der Waals surface area contributed by atoms with Crippen LogP contribution in [0, 0.1) is 0 Å². The number of halogens is 1. The second kappa shape index (κ2) is 8.45. The van der Waals surface area contributed by atoms with Crippen LogP contribution in [0.1, 0.15) is 16.1 Å². The van der Waals surface area contributed by atoms with Crippen LogP contribution in [0.2, 0.25) is 5.02 Å². The summed E-state index contributed by atoms with van der Waals surface area (Å²) in [6.45, 7) is 1.99. The summed E-state index contributed by atoms with van der Waals surface area (Å²) in [5, 5.41) is 6.59. The number of hydrogen-bond donors (Lipinski definition) is 2. The molecular formula is C16H20ClN5O. The smallest absolute Gasteiger partial charge is 0.270 e. The van der Waals surface area contributed by atoms with E-state index in [2.05, 4.69) is 25.5 Å². The molecule has 1 heterocycles. The molecule has 0 saturated heterocycles. The average Bonchev–Trinajstić information content (AvgIpc) is 2.54. The second-order valence-electron chi connectivity index (χ2n) is 5.30. The van der Waals surface area contributed by atoms with Gasteiger partial charge in [-0.05, 0) is 37.9 Å². The van der Waals surface area contributed by atoms with Crippen molar-refractivity contribution in [2.75, 3.05) is 32.5 Å². The Labute approximate surface area is 140 Å². The van der Waals surface area contributed by atoms with Crippen molar-refractivity contribution in [3.63, 3.8) is 0 Å². The van der Waals surface area contributed by atoms with Gasteiger partial charge in [0.25, 0.3) is 5.91 Å². The van der Waals surface area contributed by atoms with E-state index in [1.165, 1.54) is 0 Å². The summed E-state index contributed by atoms with van der Waals surface area (Å²) in [5.41, 5.74) is 1.31. The number of hydrogen-bond acceptors (Lipinski definition) is 5. The highest BCUT2D eigenvalue weighted by atomic mass is 35.5. The molecule has 0 spiro atoms. The molecule has 2 rings (SSSR count). The van der Waals surface area contributed by atoms with E-state index < -0.39 is 0 Å². The number of carbonyl (C=O) groups is 1. The minimum absolute atomic E-state index is 0.238. The Balaban J connectivity index is 1.90. The Morgan fingerprint density at radius 2 is 1.96 bits per heavy atom. The van der Waals surface area contributed by atoms with Gasteiger partial charge in [0.15, 0.2) is 0 Å². The number of likely N-dealkylation sites (N-methyl/N-ethyl adjacent to an activating group) is 1. The van der Waals surface area contributed by atoms with Crippen LogP contribution in [0.15, 0.2) is 36.5 Å². The minimum Gasteiger partial charge on any atom is -0.353 e. The van der Waals surface area contributed by atoms with Gasteiger partial charge in [-0.1, -0.05) is 23.7 Å². The van der Waals surface area contributed by atoms with Crippen LogP contribution in [0.4, 0.5) is 5.95 Å². The predicted molar refractivity (Wildman–Crippen MR) is 91.7 cm³/mol. The fourth-order valence-electron chi connectivity index (χ4n) is 1.84. The molecule has 0 aliphatic carbocycles. The van der Waals surface area contributed by atoms with Crippen LogP contribution in [-0.2, 0) is 6.54 Å². The van der Waals surface area contributed by atoms with Crippen LogP contribution in [0.25, 0.3) is 0 Å². The van der Waals surface area contributed by atoms with E-state index in [9.17, 15) is 4.79 Å². The summed E-state index contributed by atoms with van der Waals surface area (Å²) in [7, 11) is 3.98. The minimum atomic E-state index is -0.238. The fraction of sp³-hybridized carbons (Fsp3) is 0.312. The van der Waals surface area contributed by atoms with E-state index in [0.717, 1.165) is 12.1 Å². The Morgan fingerprint density at radius 3 is 2.65 bits per heavy atom. The molecule has 0 atom stereocenters. The van der Waals surface area contributed by atoms with Gasteiger partial charge in [-0.3, -0.25) is 4.79 Å². The quantitative estimate of drug-likeness (QED) is 0.811. The van der Waals surface area contributed by atoms with Crippen molar-refractivity contribution in [1.29, 1.82) is 0 Å². The van der Waals surface area contributed by atoms with Gasteiger partial charge in [-0.15, -0.1) is 0 Å². The van der Waals surface area contributed by atoms with Gasteiger partial charge in [0.05, 0.1) is 0 Å². The standard InChI is InChI=1S/C16H20ClN5O/c1-22(2)10-9-19-16-18-8-7-14(21-16)15(23)20-11-12-3-5-13(17)6-4-12/h3-8H,9-11H2,1-2H3,(H,20,23)(H,18,19,21). The Morgan fingerprint density at radius 1 is 1.22 bits per heavy atom. The molecule has 0 bridgehead atoms. The molecule has 0 saturated carbocycles. The Kier molecular flexibility index (Phi) is 6.31. The third-order valence-corrected chi connectivity index (χ3v) is 3.35. The van der Waals surface area contributed by atoms with Crippen LogP contribution >= 0.6 is 11.6 Å². The number of rotatable bonds is 7. The summed E-state index contributed by atoms with van der Waals surface area (Å²) in [6.07, 6.45) is 1.57. The molecule has 1 amide bonds. The normalized spacial score (nSPS) is 10.6. The average molecular weight is 334 g/mol. The number of nitrogens with zero attached hydrogens (tertiary/aromatic N) is 3. The summed E-state index contributed by atoms with van der Waals surface area (Å²) < 4.78 is 0. The largest absolute Gasteiger partial charge is 0.353 e. The lowest BCUT2D eigenvalue weighted by molar-refractivity contribution is 0.0946. The van der Waals surface area contributed by atoms with E-state index in [-0.39, 0.29) is 5.91 Å². The first kappa shape index (κ1) is 17.2. The first-order valence-corrected chi connectivity index (χ1v) is 7.66. The SMILES string of the molecule is CN(C)CCNc1nccc(C(=O)NCc2ccc(Cl)cc2)n1. The number of benzene rings is 1. The lowest BCUT2D eigenvalue weighted by Crippen LogP contribution is -2.25. The van der Waals surface area contributed by atoms with Gasteiger partial charge in [0.2, 0.25) is 5.95 Å². The number of aromatic nitrogens is 2. The van der Waals surface area contributed by atoms with Gasteiger partial charge in [0, 0.05) is 30.9 Å². The van der Waals surface area contributed by atoms with Gasteiger partial charge in [0.1, 0.15) is 5.69 Å². The third-order valence-electron chi connectivity index (χ3n) is 3.10. The van der Waals surface area contributed by atoms with E-state index in [4.69, 9.17) is 11.6 Å². The van der Waals surface area contributed by atoms with Gasteiger partial charge in [-0.2, -0.15) is 0 Å². The van der Waals surface area contributed by atoms with Crippen molar-refractivity contribution >= 4 is 23.5 Å². The van der Waals surface area contributed by atoms with Gasteiger partial charge < -0.3 is 15.5 Å². The maximum atomic E-state index is 12.2. The van der Waals surface area contributed by atoms with Crippen molar-refractivity contribution in [2.24, 2.45) is 0 Å². The van der Waals surface area contributed by atoms with Crippen LogP contribution in [0.5, 0.6) is 0 Å². The topological polar surface area (TPSA) is 70.2 Å². The molecule has 23 heavy (non-hydrogen) atoms. The monoisotopic (exact) mass is 333 g/mol. The predicted octanol–water partition coefficient (Wildman–Crippen LogP) is 2.03. The molecule has 0 fully saturated rings. The molecule has 0 aliphatic heterocycles. The number of anilines is 1. The highest BCUT2D eigenvalue weighted by molar-refractivity contribution is 6.30. The van der Waals surface area contributed by atoms with E-state index in [1.54, 1.807) is 24.4 Å². The molecule has 1 aromatic heterocycles. The van der Waals surface area contributed by atoms with E-state index in [1.807, 2.05) is 26.2 Å². The first-order chi connectivity index (χ1) is 11.0. The number of amides is 1. The highest BCUT2D eigenvalue weighted by Gasteiger charge is 2.08. The Hall–Kier alpha value is -2.18. The Bertz CT molecular complexity index is 645. The number of nitrogens with one attached hydrogen (secondary N) is 2. The van der Waals surface area contributed by atoms with E-state index in [0.29, 0.717) is 29.8 Å². The van der Waals surface area contributed by atoms with Crippen molar-refractivity contribution in [1.82, 2.24) is 20.2 Å². The number of carbonyl (C=O) groups excluding carboxylic acids is 1. The third kappa shape index (κ3) is 5.84. The maximum Gasteiger partial charge on any atom is 0.270 e. The van der Waals surface area contributed by atoms with Crippen molar-refractivity contribution < 1.29 is 4.79 Å². The summed E-state index contributed by atoms with van der Waals surface area (Å²) >= 11 is 5.83. The van der Waals surface area contributed by atoms with Crippen LogP contribution < -0.4 is 10.6 Å². The van der Waals surface area contributed by atoms with Gasteiger partial charge in [-0.25, -0.2) is 9.97 Å². The van der Waals surface area contributed by atoms with Crippen molar-refractivity contribution in [3.8, 4) is 0 Å². The zero-order valence-corrected chi connectivity index (χ0v) is 14.0. The molecule has 6 nitrogen and oxygen atoms in total.